The Labute approximate surface area is 192 Å². The van der Waals surface area contributed by atoms with Crippen molar-refractivity contribution in [1.29, 1.82) is 0 Å². The van der Waals surface area contributed by atoms with Crippen LogP contribution in [0.1, 0.15) is 98.3 Å². The average Bonchev–Trinajstić information content (AvgIpc) is 3.25. The zero-order valence-electron chi connectivity index (χ0n) is 20.7. The van der Waals surface area contributed by atoms with E-state index in [-0.39, 0.29) is 18.1 Å². The fraction of sp³-hybridized carbons (Fsp3) is 0.857. The first kappa shape index (κ1) is 25.0. The van der Waals surface area contributed by atoms with Crippen molar-refractivity contribution in [3.05, 3.63) is 23.8 Å². The van der Waals surface area contributed by atoms with Gasteiger partial charge in [-0.3, -0.25) is 4.90 Å². The molecule has 2 N–H and O–H groups in total. The maximum atomic E-state index is 10.6. The van der Waals surface area contributed by atoms with Crippen LogP contribution >= 0.6 is 0 Å². The van der Waals surface area contributed by atoms with Crippen LogP contribution in [0.25, 0.3) is 0 Å². The quantitative estimate of drug-likeness (QED) is 0.306. The van der Waals surface area contributed by atoms with Crippen LogP contribution in [-0.2, 0) is 0 Å². The van der Waals surface area contributed by atoms with Crippen LogP contribution in [0, 0.1) is 23.7 Å². The minimum absolute atomic E-state index is 0.225. The molecule has 178 valence electrons. The molecule has 0 unspecified atom stereocenters. The Morgan fingerprint density at radius 3 is 2.42 bits per heavy atom. The van der Waals surface area contributed by atoms with Crippen molar-refractivity contribution < 1.29 is 10.2 Å². The van der Waals surface area contributed by atoms with Crippen molar-refractivity contribution in [1.82, 2.24) is 4.90 Å². The molecule has 3 heteroatoms. The summed E-state index contributed by atoms with van der Waals surface area (Å²) in [6.07, 6.45) is 19.5. The number of hydrogen-bond donors (Lipinski definition) is 2. The van der Waals surface area contributed by atoms with Crippen molar-refractivity contribution in [2.75, 3.05) is 6.54 Å². The second-order valence-corrected chi connectivity index (χ2v) is 11.2. The van der Waals surface area contributed by atoms with E-state index in [4.69, 9.17) is 0 Å². The fourth-order valence-corrected chi connectivity index (χ4v) is 6.60. The molecule has 0 aromatic carbocycles. The number of fused-ring (bicyclic) bond motifs is 1. The maximum Gasteiger partial charge on any atom is 0.0749 e. The molecule has 31 heavy (non-hydrogen) atoms. The van der Waals surface area contributed by atoms with Gasteiger partial charge in [0.05, 0.1) is 12.2 Å². The van der Waals surface area contributed by atoms with Gasteiger partial charge in [-0.2, -0.15) is 0 Å². The summed E-state index contributed by atoms with van der Waals surface area (Å²) in [6, 6.07) is 1.26. The van der Waals surface area contributed by atoms with Gasteiger partial charge in [0.25, 0.3) is 0 Å². The molecule has 0 bridgehead atoms. The van der Waals surface area contributed by atoms with Crippen LogP contribution in [-0.4, -0.2) is 45.9 Å². The molecule has 5 atom stereocenters. The van der Waals surface area contributed by atoms with Gasteiger partial charge in [0.15, 0.2) is 0 Å². The lowest BCUT2D eigenvalue weighted by atomic mass is 9.83. The number of allylic oxidation sites excluding steroid dienone is 2. The van der Waals surface area contributed by atoms with E-state index in [2.05, 4.69) is 44.7 Å². The molecule has 0 aromatic heterocycles. The summed E-state index contributed by atoms with van der Waals surface area (Å²) in [5.41, 5.74) is 1.62. The summed E-state index contributed by atoms with van der Waals surface area (Å²) in [6.45, 7) is 10.4. The summed E-state index contributed by atoms with van der Waals surface area (Å²) in [5.74, 6) is 1.75. The molecule has 3 aliphatic carbocycles. The van der Waals surface area contributed by atoms with E-state index in [1.54, 1.807) is 5.57 Å². The van der Waals surface area contributed by atoms with E-state index in [1.165, 1.54) is 51.5 Å². The molecule has 3 rings (SSSR count). The molecule has 0 radical (unpaired) electrons. The molecule has 2 saturated carbocycles. The highest BCUT2D eigenvalue weighted by Gasteiger charge is 2.43. The molecule has 0 aromatic rings. The van der Waals surface area contributed by atoms with Crippen molar-refractivity contribution in [2.24, 2.45) is 23.7 Å². The monoisotopic (exact) mass is 431 g/mol. The number of aliphatic hydroxyl groups excluding tert-OH is 2. The topological polar surface area (TPSA) is 43.7 Å². The van der Waals surface area contributed by atoms with Crippen LogP contribution in [0.4, 0.5) is 0 Å². The largest absolute Gasteiger partial charge is 0.392 e. The van der Waals surface area contributed by atoms with Gasteiger partial charge in [0.1, 0.15) is 0 Å². The molecular weight excluding hydrogens is 382 g/mol. The van der Waals surface area contributed by atoms with E-state index < -0.39 is 0 Å². The third-order valence-electron chi connectivity index (χ3n) is 8.35. The Morgan fingerprint density at radius 1 is 1.03 bits per heavy atom. The van der Waals surface area contributed by atoms with Gasteiger partial charge in [0, 0.05) is 18.0 Å². The van der Waals surface area contributed by atoms with Gasteiger partial charge in [-0.15, -0.1) is 0 Å². The van der Waals surface area contributed by atoms with Crippen molar-refractivity contribution in [2.45, 2.75) is 123 Å². The first-order valence-electron chi connectivity index (χ1n) is 13.4. The Hall–Kier alpha value is -0.640. The van der Waals surface area contributed by atoms with Gasteiger partial charge >= 0.3 is 0 Å². The van der Waals surface area contributed by atoms with Gasteiger partial charge in [-0.1, -0.05) is 49.5 Å². The SMILES string of the molecule is CC(C)N(CCCCCC1=C[C@H]2C[C@@H](O)[C@H](C=C[C@@H](O)C3CCCCC3)[C@H]2C1)C(C)C. The molecule has 0 aliphatic heterocycles. The standard InChI is InChI=1S/C28H49NO2/c1-20(2)29(21(3)4)16-10-6-7-11-22-17-24-19-28(31)25(26(24)18-22)14-15-27(30)23-12-8-5-9-13-23/h14-15,17,20-21,23-28,30-31H,5-13,16,18-19H2,1-4H3/t24-,25+,26-,27+,28+/m0/s1. The third kappa shape index (κ3) is 6.92. The summed E-state index contributed by atoms with van der Waals surface area (Å²) < 4.78 is 0. The van der Waals surface area contributed by atoms with E-state index in [0.717, 1.165) is 25.7 Å². The van der Waals surface area contributed by atoms with Crippen LogP contribution in [0.15, 0.2) is 23.8 Å². The third-order valence-corrected chi connectivity index (χ3v) is 8.35. The second-order valence-electron chi connectivity index (χ2n) is 11.2. The van der Waals surface area contributed by atoms with Crippen molar-refractivity contribution in [3.8, 4) is 0 Å². The number of nitrogens with zero attached hydrogens (tertiary/aromatic N) is 1. The predicted octanol–water partition coefficient (Wildman–Crippen LogP) is 6.11. The van der Waals surface area contributed by atoms with E-state index in [0.29, 0.717) is 29.8 Å². The highest BCUT2D eigenvalue weighted by atomic mass is 16.3. The summed E-state index contributed by atoms with van der Waals surface area (Å²) >= 11 is 0. The van der Waals surface area contributed by atoms with E-state index in [9.17, 15) is 10.2 Å². The molecule has 0 saturated heterocycles. The molecule has 3 aliphatic rings. The Morgan fingerprint density at radius 2 is 1.74 bits per heavy atom. The molecule has 3 nitrogen and oxygen atoms in total. The lowest BCUT2D eigenvalue weighted by Gasteiger charge is -2.30. The lowest BCUT2D eigenvalue weighted by Crippen LogP contribution is -2.37. The number of rotatable bonds is 11. The normalized spacial score (nSPS) is 30.7. The summed E-state index contributed by atoms with van der Waals surface area (Å²) in [5, 5.41) is 21.2. The molecule has 0 heterocycles. The van der Waals surface area contributed by atoms with Crippen LogP contribution in [0.3, 0.4) is 0 Å². The van der Waals surface area contributed by atoms with Crippen molar-refractivity contribution in [3.63, 3.8) is 0 Å². The average molecular weight is 432 g/mol. The molecular formula is C28H49NO2. The van der Waals surface area contributed by atoms with E-state index in [1.807, 2.05) is 6.08 Å². The number of aliphatic hydroxyl groups is 2. The Balaban J connectivity index is 1.40. The summed E-state index contributed by atoms with van der Waals surface area (Å²) in [4.78, 5) is 2.60. The number of hydrogen-bond acceptors (Lipinski definition) is 3. The van der Waals surface area contributed by atoms with Gasteiger partial charge in [-0.05, 0) is 96.9 Å². The Kier molecular flexibility index (Phi) is 9.67. The fourth-order valence-electron chi connectivity index (χ4n) is 6.60. The van der Waals surface area contributed by atoms with Crippen LogP contribution in [0.5, 0.6) is 0 Å². The second kappa shape index (κ2) is 12.0. The van der Waals surface area contributed by atoms with Crippen molar-refractivity contribution >= 4 is 0 Å². The smallest absolute Gasteiger partial charge is 0.0749 e. The van der Waals surface area contributed by atoms with E-state index >= 15 is 0 Å². The zero-order valence-corrected chi connectivity index (χ0v) is 20.7. The van der Waals surface area contributed by atoms with Crippen LogP contribution < -0.4 is 0 Å². The van der Waals surface area contributed by atoms with Gasteiger partial charge in [-0.25, -0.2) is 0 Å². The minimum atomic E-state index is -0.323. The maximum absolute atomic E-state index is 10.6. The first-order valence-corrected chi connectivity index (χ1v) is 13.4. The highest BCUT2D eigenvalue weighted by molar-refractivity contribution is 5.21. The molecule has 0 amide bonds. The summed E-state index contributed by atoms with van der Waals surface area (Å²) in [7, 11) is 0. The molecule has 0 spiro atoms. The highest BCUT2D eigenvalue weighted by Crippen LogP contribution is 2.48. The first-order chi connectivity index (χ1) is 14.9. The predicted molar refractivity (Wildman–Crippen MR) is 131 cm³/mol. The van der Waals surface area contributed by atoms with Gasteiger partial charge in [0.2, 0.25) is 0 Å². The van der Waals surface area contributed by atoms with Crippen LogP contribution in [0.2, 0.25) is 0 Å². The lowest BCUT2D eigenvalue weighted by molar-refractivity contribution is 0.120. The van der Waals surface area contributed by atoms with Gasteiger partial charge < -0.3 is 10.2 Å². The molecule has 2 fully saturated rings. The minimum Gasteiger partial charge on any atom is -0.392 e. The number of unbranched alkanes of at least 4 members (excludes halogenated alkanes) is 2. The zero-order chi connectivity index (χ0) is 22.4. The Bertz CT molecular complexity index is 582.